The maximum Gasteiger partial charge on any atom is 0.353 e. The molecule has 0 spiro atoms. The van der Waals surface area contributed by atoms with E-state index in [2.05, 4.69) is 10.4 Å². The fourth-order valence-corrected chi connectivity index (χ4v) is 5.28. The highest BCUT2D eigenvalue weighted by atomic mass is 16.5. The van der Waals surface area contributed by atoms with E-state index in [-0.39, 0.29) is 29.7 Å². The van der Waals surface area contributed by atoms with Crippen LogP contribution in [0.4, 0.5) is 16.3 Å². The zero-order valence-electron chi connectivity index (χ0n) is 24.4. The molecule has 0 radical (unpaired) electrons. The van der Waals surface area contributed by atoms with Gasteiger partial charge in [-0.3, -0.25) is 14.6 Å². The van der Waals surface area contributed by atoms with E-state index in [1.807, 2.05) is 50.2 Å². The van der Waals surface area contributed by atoms with E-state index >= 15 is 0 Å². The summed E-state index contributed by atoms with van der Waals surface area (Å²) in [5, 5.41) is 6.73. The lowest BCUT2D eigenvalue weighted by molar-refractivity contribution is 0.0963. The molecular weight excluding hydrogens is 538 g/mol. The van der Waals surface area contributed by atoms with E-state index in [0.29, 0.717) is 41.6 Å². The zero-order valence-corrected chi connectivity index (χ0v) is 24.4. The van der Waals surface area contributed by atoms with Crippen LogP contribution in [0.25, 0.3) is 16.8 Å². The standard InChI is InChI=1S/C30H33N7O5/c1-7-23-24(19-11-13-21(14-12-19)37-28(42-6)33-34(4)29(37)39)16-25(41-5)32-26(23)35-17-18(2)36(30(35)40)22-10-8-9-20(15-22)27(38)31-3/h8-16,18H,7,17H2,1-6H3,(H,31,38)/t18-/m0/s1. The minimum atomic E-state index is -0.325. The van der Waals surface area contributed by atoms with Crippen molar-refractivity contribution in [2.75, 3.05) is 37.6 Å². The molecule has 1 atom stereocenters. The number of ether oxygens (including phenoxy) is 2. The van der Waals surface area contributed by atoms with Crippen LogP contribution in [0.3, 0.4) is 0 Å². The molecule has 12 nitrogen and oxygen atoms in total. The number of aryl methyl sites for hydroxylation is 1. The maximum atomic E-state index is 13.9. The molecule has 0 unspecified atom stereocenters. The molecule has 1 saturated heterocycles. The van der Waals surface area contributed by atoms with Crippen molar-refractivity contribution in [2.45, 2.75) is 26.3 Å². The monoisotopic (exact) mass is 571 g/mol. The Bertz CT molecular complexity index is 1710. The largest absolute Gasteiger partial charge is 0.481 e. The highest BCUT2D eigenvalue weighted by molar-refractivity contribution is 6.07. The Hall–Kier alpha value is -5.13. The minimum Gasteiger partial charge on any atom is -0.481 e. The Labute approximate surface area is 243 Å². The third-order valence-corrected chi connectivity index (χ3v) is 7.35. The van der Waals surface area contributed by atoms with Gasteiger partial charge in [0.15, 0.2) is 0 Å². The number of anilines is 2. The average Bonchev–Trinajstić information content (AvgIpc) is 3.48. The van der Waals surface area contributed by atoms with Gasteiger partial charge in [-0.05, 0) is 54.8 Å². The van der Waals surface area contributed by atoms with Gasteiger partial charge < -0.3 is 14.8 Å². The molecule has 1 aliphatic rings. The van der Waals surface area contributed by atoms with Gasteiger partial charge in [-0.2, -0.15) is 4.98 Å². The first kappa shape index (κ1) is 28.4. The number of rotatable bonds is 8. The van der Waals surface area contributed by atoms with Crippen LogP contribution in [0.2, 0.25) is 0 Å². The molecule has 3 heterocycles. The summed E-state index contributed by atoms with van der Waals surface area (Å²) in [4.78, 5) is 46.8. The molecule has 5 rings (SSSR count). The van der Waals surface area contributed by atoms with Crippen molar-refractivity contribution in [1.29, 1.82) is 0 Å². The molecule has 42 heavy (non-hydrogen) atoms. The number of nitrogens with one attached hydrogen (secondary N) is 1. The van der Waals surface area contributed by atoms with Gasteiger partial charge in [-0.25, -0.2) is 18.8 Å². The summed E-state index contributed by atoms with van der Waals surface area (Å²) in [6, 6.07) is 16.1. The molecule has 1 aliphatic heterocycles. The van der Waals surface area contributed by atoms with Crippen LogP contribution in [0.1, 0.15) is 29.8 Å². The van der Waals surface area contributed by atoms with Crippen molar-refractivity contribution in [1.82, 2.24) is 24.6 Å². The minimum absolute atomic E-state index is 0.175. The summed E-state index contributed by atoms with van der Waals surface area (Å²) in [6.07, 6.45) is 0.601. The molecule has 12 heteroatoms. The van der Waals surface area contributed by atoms with Crippen molar-refractivity contribution in [3.8, 4) is 28.7 Å². The molecule has 2 aromatic carbocycles. The van der Waals surface area contributed by atoms with Crippen LogP contribution in [0, 0.1) is 0 Å². The maximum absolute atomic E-state index is 13.9. The number of benzene rings is 2. The molecule has 0 saturated carbocycles. The van der Waals surface area contributed by atoms with Crippen LogP contribution in [0.5, 0.6) is 11.9 Å². The van der Waals surface area contributed by atoms with Crippen molar-refractivity contribution in [3.63, 3.8) is 0 Å². The number of urea groups is 1. The molecule has 2 aromatic heterocycles. The summed E-state index contributed by atoms with van der Waals surface area (Å²) < 4.78 is 13.5. The second kappa shape index (κ2) is 11.4. The van der Waals surface area contributed by atoms with Crippen molar-refractivity contribution in [2.24, 2.45) is 7.05 Å². The van der Waals surface area contributed by atoms with Gasteiger partial charge in [0.1, 0.15) is 5.82 Å². The average molecular weight is 572 g/mol. The van der Waals surface area contributed by atoms with Crippen LogP contribution in [-0.4, -0.2) is 65.1 Å². The molecule has 0 aliphatic carbocycles. The third-order valence-electron chi connectivity index (χ3n) is 7.35. The van der Waals surface area contributed by atoms with Gasteiger partial charge in [-0.1, -0.05) is 25.1 Å². The predicted molar refractivity (Wildman–Crippen MR) is 159 cm³/mol. The molecule has 1 N–H and O–H groups in total. The van der Waals surface area contributed by atoms with E-state index in [9.17, 15) is 14.4 Å². The molecule has 0 bridgehead atoms. The number of hydrogen-bond donors (Lipinski definition) is 1. The number of carbonyl (C=O) groups is 2. The first-order valence-corrected chi connectivity index (χ1v) is 13.5. The van der Waals surface area contributed by atoms with E-state index in [0.717, 1.165) is 16.7 Å². The molecule has 1 fully saturated rings. The Morgan fingerprint density at radius 3 is 2.43 bits per heavy atom. The quantitative estimate of drug-likeness (QED) is 0.344. The molecular formula is C30H33N7O5. The fraction of sp³-hybridized carbons (Fsp3) is 0.300. The topological polar surface area (TPSA) is 124 Å². The van der Waals surface area contributed by atoms with Gasteiger partial charge >= 0.3 is 17.7 Å². The zero-order chi connectivity index (χ0) is 30.1. The van der Waals surface area contributed by atoms with Gasteiger partial charge in [-0.15, -0.1) is 5.10 Å². The van der Waals surface area contributed by atoms with Crippen molar-refractivity contribution >= 4 is 23.4 Å². The lowest BCUT2D eigenvalue weighted by atomic mass is 9.98. The summed E-state index contributed by atoms with van der Waals surface area (Å²) >= 11 is 0. The van der Waals surface area contributed by atoms with E-state index in [1.54, 1.807) is 42.1 Å². The molecule has 218 valence electrons. The smallest absolute Gasteiger partial charge is 0.353 e. The number of methoxy groups -OCH3 is 2. The van der Waals surface area contributed by atoms with Gasteiger partial charge in [0.25, 0.3) is 5.91 Å². The third kappa shape index (κ3) is 4.84. The van der Waals surface area contributed by atoms with Gasteiger partial charge in [0, 0.05) is 43.5 Å². The highest BCUT2D eigenvalue weighted by Crippen LogP contribution is 2.37. The molecule has 3 amide bonds. The lowest BCUT2D eigenvalue weighted by Gasteiger charge is -2.23. The first-order valence-electron chi connectivity index (χ1n) is 13.5. The second-order valence-electron chi connectivity index (χ2n) is 9.88. The SMILES string of the molecule is CCc1c(-c2ccc(-n3c(OC)nn(C)c3=O)cc2)cc(OC)nc1N1C[C@H](C)N(c2cccc(C(=O)NC)c2)C1=O. The van der Waals surface area contributed by atoms with Gasteiger partial charge in [0.2, 0.25) is 5.88 Å². The summed E-state index contributed by atoms with van der Waals surface area (Å²) in [6.45, 7) is 4.38. The highest BCUT2D eigenvalue weighted by Gasteiger charge is 2.39. The number of hydrogen-bond acceptors (Lipinski definition) is 7. The Balaban J connectivity index is 1.55. The Morgan fingerprint density at radius 1 is 1.05 bits per heavy atom. The van der Waals surface area contributed by atoms with E-state index in [4.69, 9.17) is 14.5 Å². The number of amides is 3. The van der Waals surface area contributed by atoms with Crippen LogP contribution in [0.15, 0.2) is 59.4 Å². The predicted octanol–water partition coefficient (Wildman–Crippen LogP) is 3.41. The Kier molecular flexibility index (Phi) is 7.70. The van der Waals surface area contributed by atoms with E-state index < -0.39 is 0 Å². The number of carbonyl (C=O) groups excluding carboxylic acids is 2. The van der Waals surface area contributed by atoms with Crippen molar-refractivity contribution in [3.05, 3.63) is 76.2 Å². The van der Waals surface area contributed by atoms with Crippen LogP contribution in [-0.2, 0) is 13.5 Å². The number of pyridine rings is 1. The Morgan fingerprint density at radius 2 is 1.79 bits per heavy atom. The van der Waals surface area contributed by atoms with Gasteiger partial charge in [0.05, 0.1) is 25.9 Å². The van der Waals surface area contributed by atoms with Crippen molar-refractivity contribution < 1.29 is 19.1 Å². The normalized spacial score (nSPS) is 14.8. The van der Waals surface area contributed by atoms with Crippen LogP contribution < -0.4 is 30.3 Å². The fourth-order valence-electron chi connectivity index (χ4n) is 5.28. The summed E-state index contributed by atoms with van der Waals surface area (Å²) in [5.74, 6) is 0.660. The lowest BCUT2D eigenvalue weighted by Crippen LogP contribution is -2.34. The molecule has 4 aromatic rings. The summed E-state index contributed by atoms with van der Waals surface area (Å²) in [7, 11) is 6.14. The number of aromatic nitrogens is 4. The first-order chi connectivity index (χ1) is 20.2. The van der Waals surface area contributed by atoms with E-state index in [1.165, 1.54) is 23.5 Å². The number of nitrogens with zero attached hydrogens (tertiary/aromatic N) is 6. The summed E-state index contributed by atoms with van der Waals surface area (Å²) in [5.41, 5.74) is 3.98. The second-order valence-corrected chi connectivity index (χ2v) is 9.88. The van der Waals surface area contributed by atoms with Crippen LogP contribution >= 0.6 is 0 Å².